The molecule has 2 N–H and O–H groups in total. The Morgan fingerprint density at radius 3 is 2.63 bits per heavy atom. The van der Waals surface area contributed by atoms with Crippen LogP contribution in [-0.4, -0.2) is 44.6 Å². The minimum atomic E-state index is -0.892. The normalized spacial score (nSPS) is 10.5. The second-order valence-corrected chi connectivity index (χ2v) is 4.46. The number of carbonyl (C=O) groups is 2. The predicted octanol–water partition coefficient (Wildman–Crippen LogP) is 1.50. The lowest BCUT2D eigenvalue weighted by atomic mass is 10.2. The van der Waals surface area contributed by atoms with E-state index < -0.39 is 11.9 Å². The van der Waals surface area contributed by atoms with E-state index in [1.807, 2.05) is 13.8 Å². The van der Waals surface area contributed by atoms with Crippen molar-refractivity contribution in [2.24, 2.45) is 0 Å². The van der Waals surface area contributed by atoms with Gasteiger partial charge in [0, 0.05) is 25.2 Å². The molecule has 0 fully saturated rings. The van der Waals surface area contributed by atoms with Gasteiger partial charge in [-0.3, -0.25) is 9.59 Å². The van der Waals surface area contributed by atoms with Crippen LogP contribution in [0.3, 0.4) is 0 Å². The van der Waals surface area contributed by atoms with Crippen LogP contribution in [0.4, 0.5) is 0 Å². The van der Waals surface area contributed by atoms with Gasteiger partial charge in [0.25, 0.3) is 5.91 Å². The number of carboxylic acid groups (broad SMARTS) is 1. The molecule has 0 aliphatic heterocycles. The van der Waals surface area contributed by atoms with E-state index in [0.717, 1.165) is 0 Å². The summed E-state index contributed by atoms with van der Waals surface area (Å²) in [6.07, 6.45) is 1.81. The second-order valence-electron chi connectivity index (χ2n) is 4.46. The number of hydrogen-bond donors (Lipinski definition) is 2. The zero-order valence-corrected chi connectivity index (χ0v) is 11.0. The Morgan fingerprint density at radius 2 is 2.11 bits per heavy atom. The van der Waals surface area contributed by atoms with Gasteiger partial charge in [-0.25, -0.2) is 4.98 Å². The molecule has 0 unspecified atom stereocenters. The Morgan fingerprint density at radius 1 is 1.42 bits per heavy atom. The second kappa shape index (κ2) is 6.72. The third-order valence-electron chi connectivity index (χ3n) is 2.66. The summed E-state index contributed by atoms with van der Waals surface area (Å²) in [5.74, 6) is -1.45. The fourth-order valence-electron chi connectivity index (χ4n) is 1.69. The molecule has 1 aromatic rings. The fraction of sp³-hybridized carbons (Fsp3) is 0.462. The van der Waals surface area contributed by atoms with Crippen molar-refractivity contribution >= 4 is 11.9 Å². The number of aromatic hydroxyl groups is 1. The first-order valence-electron chi connectivity index (χ1n) is 6.10. The lowest BCUT2D eigenvalue weighted by Gasteiger charge is -2.26. The van der Waals surface area contributed by atoms with Crippen LogP contribution >= 0.6 is 0 Å². The number of aromatic nitrogens is 1. The lowest BCUT2D eigenvalue weighted by molar-refractivity contribution is -0.137. The summed E-state index contributed by atoms with van der Waals surface area (Å²) in [6.45, 7) is 3.98. The van der Waals surface area contributed by atoms with Gasteiger partial charge in [0.15, 0.2) is 5.69 Å². The minimum Gasteiger partial charge on any atom is -0.505 e. The maximum absolute atomic E-state index is 12.2. The molecule has 0 bridgehead atoms. The molecule has 0 saturated heterocycles. The summed E-state index contributed by atoms with van der Waals surface area (Å²) in [7, 11) is 0. The van der Waals surface area contributed by atoms with Crippen molar-refractivity contribution in [3.63, 3.8) is 0 Å². The van der Waals surface area contributed by atoms with Gasteiger partial charge in [0.2, 0.25) is 0 Å². The molecule has 0 aliphatic rings. The van der Waals surface area contributed by atoms with E-state index in [4.69, 9.17) is 5.11 Å². The summed E-state index contributed by atoms with van der Waals surface area (Å²) in [5.41, 5.74) is -0.00785. The quantitative estimate of drug-likeness (QED) is 0.814. The first kappa shape index (κ1) is 14.9. The van der Waals surface area contributed by atoms with Crippen molar-refractivity contribution in [2.45, 2.75) is 32.7 Å². The van der Waals surface area contributed by atoms with Crippen LogP contribution in [0.2, 0.25) is 0 Å². The molecular weight excluding hydrogens is 248 g/mol. The van der Waals surface area contributed by atoms with Crippen molar-refractivity contribution in [3.05, 3.63) is 24.0 Å². The first-order chi connectivity index (χ1) is 8.93. The van der Waals surface area contributed by atoms with Gasteiger partial charge < -0.3 is 15.1 Å². The highest BCUT2D eigenvalue weighted by Gasteiger charge is 2.22. The number of carbonyl (C=O) groups excluding carboxylic acids is 1. The van der Waals surface area contributed by atoms with Gasteiger partial charge >= 0.3 is 5.97 Å². The summed E-state index contributed by atoms with van der Waals surface area (Å²) in [5, 5.41) is 18.2. The van der Waals surface area contributed by atoms with E-state index in [1.54, 1.807) is 0 Å². The molecule has 1 aromatic heterocycles. The third-order valence-corrected chi connectivity index (χ3v) is 2.66. The monoisotopic (exact) mass is 266 g/mol. The largest absolute Gasteiger partial charge is 0.505 e. The maximum atomic E-state index is 12.2. The van der Waals surface area contributed by atoms with E-state index in [2.05, 4.69) is 4.98 Å². The van der Waals surface area contributed by atoms with Crippen molar-refractivity contribution in [1.29, 1.82) is 0 Å². The number of carboxylic acids is 1. The molecule has 0 aromatic carbocycles. The van der Waals surface area contributed by atoms with Crippen LogP contribution < -0.4 is 0 Å². The standard InChI is InChI=1S/C13H18N2O4/c1-9(2)15(8-4-6-11(17)18)13(19)12-10(16)5-3-7-14-12/h3,5,7,9,16H,4,6,8H2,1-2H3,(H,17,18). The summed E-state index contributed by atoms with van der Waals surface area (Å²) >= 11 is 0. The summed E-state index contributed by atoms with van der Waals surface area (Å²) < 4.78 is 0. The molecule has 1 rings (SSSR count). The number of amides is 1. The van der Waals surface area contributed by atoms with Crippen LogP contribution in [0.15, 0.2) is 18.3 Å². The molecule has 0 radical (unpaired) electrons. The van der Waals surface area contributed by atoms with Crippen molar-refractivity contribution in [1.82, 2.24) is 9.88 Å². The molecule has 1 heterocycles. The zero-order valence-electron chi connectivity index (χ0n) is 11.0. The molecular formula is C13H18N2O4. The van der Waals surface area contributed by atoms with Gasteiger partial charge in [-0.15, -0.1) is 0 Å². The molecule has 0 spiro atoms. The topological polar surface area (TPSA) is 90.7 Å². The van der Waals surface area contributed by atoms with Crippen LogP contribution in [0.1, 0.15) is 37.2 Å². The van der Waals surface area contributed by atoms with Crippen molar-refractivity contribution in [3.8, 4) is 5.75 Å². The number of hydrogen-bond acceptors (Lipinski definition) is 4. The molecule has 19 heavy (non-hydrogen) atoms. The maximum Gasteiger partial charge on any atom is 0.303 e. The third kappa shape index (κ3) is 4.24. The lowest BCUT2D eigenvalue weighted by Crippen LogP contribution is -2.38. The Balaban J connectivity index is 2.79. The molecule has 0 saturated carbocycles. The van der Waals surface area contributed by atoms with E-state index in [0.29, 0.717) is 13.0 Å². The number of rotatable bonds is 6. The molecule has 6 heteroatoms. The Hall–Kier alpha value is -2.11. The van der Waals surface area contributed by atoms with E-state index in [9.17, 15) is 14.7 Å². The molecule has 6 nitrogen and oxygen atoms in total. The highest BCUT2D eigenvalue weighted by Crippen LogP contribution is 2.17. The van der Waals surface area contributed by atoms with E-state index in [-0.39, 0.29) is 23.9 Å². The average Bonchev–Trinajstić information content (AvgIpc) is 2.33. The van der Waals surface area contributed by atoms with Crippen LogP contribution in [0.25, 0.3) is 0 Å². The number of pyridine rings is 1. The Bertz CT molecular complexity index is 460. The molecule has 104 valence electrons. The van der Waals surface area contributed by atoms with Gasteiger partial charge in [0.05, 0.1) is 0 Å². The van der Waals surface area contributed by atoms with Crippen LogP contribution in [0, 0.1) is 0 Å². The van der Waals surface area contributed by atoms with E-state index in [1.165, 1.54) is 23.2 Å². The number of nitrogens with zero attached hydrogens (tertiary/aromatic N) is 2. The number of aliphatic carboxylic acids is 1. The van der Waals surface area contributed by atoms with Crippen molar-refractivity contribution in [2.75, 3.05) is 6.54 Å². The highest BCUT2D eigenvalue weighted by molar-refractivity contribution is 5.94. The SMILES string of the molecule is CC(C)N(CCCC(=O)O)C(=O)c1ncccc1O. The Labute approximate surface area is 111 Å². The minimum absolute atomic E-state index is 0.00466. The molecule has 1 amide bonds. The zero-order chi connectivity index (χ0) is 14.4. The van der Waals surface area contributed by atoms with Crippen molar-refractivity contribution < 1.29 is 19.8 Å². The van der Waals surface area contributed by atoms with Gasteiger partial charge in [0.1, 0.15) is 5.75 Å². The highest BCUT2D eigenvalue weighted by atomic mass is 16.4. The van der Waals surface area contributed by atoms with Gasteiger partial charge in [-0.2, -0.15) is 0 Å². The van der Waals surface area contributed by atoms with E-state index >= 15 is 0 Å². The predicted molar refractivity (Wildman–Crippen MR) is 68.9 cm³/mol. The smallest absolute Gasteiger partial charge is 0.303 e. The summed E-state index contributed by atoms with van der Waals surface area (Å²) in [6, 6.07) is 2.84. The first-order valence-corrected chi connectivity index (χ1v) is 6.10. The van der Waals surface area contributed by atoms with Crippen LogP contribution in [-0.2, 0) is 4.79 Å². The fourth-order valence-corrected chi connectivity index (χ4v) is 1.69. The van der Waals surface area contributed by atoms with Crippen LogP contribution in [0.5, 0.6) is 5.75 Å². The molecule has 0 aliphatic carbocycles. The molecule has 0 atom stereocenters. The van der Waals surface area contributed by atoms with Gasteiger partial charge in [-0.1, -0.05) is 0 Å². The summed E-state index contributed by atoms with van der Waals surface area (Å²) in [4.78, 5) is 28.1. The van der Waals surface area contributed by atoms with Gasteiger partial charge in [-0.05, 0) is 32.4 Å². The Kier molecular flexibility index (Phi) is 5.29. The average molecular weight is 266 g/mol.